The number of aliphatic hydroxyl groups is 1. The third-order valence-electron chi connectivity index (χ3n) is 5.14. The number of carbonyl (C=O) groups excluding carboxylic acids is 3. The van der Waals surface area contributed by atoms with Crippen LogP contribution in [0, 0.1) is 12.3 Å². The molecule has 2 heterocycles. The first-order valence-electron chi connectivity index (χ1n) is 7.80. The molecule has 3 atom stereocenters. The Morgan fingerprint density at radius 3 is 2.42 bits per heavy atom. The van der Waals surface area contributed by atoms with Crippen LogP contribution in [0.15, 0.2) is 47.6 Å². The topological polar surface area (TPSA) is 80.7 Å². The fourth-order valence-electron chi connectivity index (χ4n) is 3.72. The Morgan fingerprint density at radius 1 is 1.12 bits per heavy atom. The summed E-state index contributed by atoms with van der Waals surface area (Å²) in [6.45, 7) is 3.53. The minimum absolute atomic E-state index is 0.106. The molecule has 0 spiro atoms. The van der Waals surface area contributed by atoms with E-state index in [1.807, 2.05) is 31.2 Å². The SMILES string of the molecule is Cc1ccc(CC2(C)C(=O)C3=C(C2=O)C2(O)C=CC3OC2=O)cc1. The maximum atomic E-state index is 13.0. The van der Waals surface area contributed by atoms with Crippen molar-refractivity contribution < 1.29 is 24.2 Å². The normalized spacial score (nSPS) is 34.0. The zero-order valence-electron chi connectivity index (χ0n) is 13.3. The van der Waals surface area contributed by atoms with Gasteiger partial charge in [0.25, 0.3) is 0 Å². The third-order valence-corrected chi connectivity index (χ3v) is 5.14. The molecule has 3 unspecified atom stereocenters. The number of aryl methyl sites for hydroxylation is 1. The molecule has 0 fully saturated rings. The van der Waals surface area contributed by atoms with Gasteiger partial charge in [0.05, 0.1) is 16.6 Å². The standard InChI is InChI=1S/C19H16O5/c1-10-3-5-11(6-4-10)9-18(2)15(20)13-12-7-8-19(23,17(22)24-12)14(13)16(18)21/h3-8,12,23H,9H2,1-2H3. The number of esters is 1. The Balaban J connectivity index is 1.77. The summed E-state index contributed by atoms with van der Waals surface area (Å²) in [7, 11) is 0. The van der Waals surface area contributed by atoms with Gasteiger partial charge in [0, 0.05) is 0 Å². The monoisotopic (exact) mass is 324 g/mol. The van der Waals surface area contributed by atoms with Crippen molar-refractivity contribution in [1.29, 1.82) is 0 Å². The second kappa shape index (κ2) is 4.51. The predicted octanol–water partition coefficient (Wildman–Crippen LogP) is 1.22. The zero-order valence-corrected chi connectivity index (χ0v) is 13.3. The average Bonchev–Trinajstić information content (AvgIpc) is 2.75. The fourth-order valence-corrected chi connectivity index (χ4v) is 3.72. The van der Waals surface area contributed by atoms with Gasteiger partial charge in [-0.3, -0.25) is 9.59 Å². The van der Waals surface area contributed by atoms with Crippen LogP contribution in [0.2, 0.25) is 0 Å². The summed E-state index contributed by atoms with van der Waals surface area (Å²) in [6.07, 6.45) is 2.06. The van der Waals surface area contributed by atoms with Gasteiger partial charge in [-0.05, 0) is 38.0 Å². The zero-order chi connectivity index (χ0) is 17.3. The molecule has 1 N–H and O–H groups in total. The lowest BCUT2D eigenvalue weighted by Gasteiger charge is -2.36. The molecule has 24 heavy (non-hydrogen) atoms. The van der Waals surface area contributed by atoms with Gasteiger partial charge in [-0.2, -0.15) is 0 Å². The van der Waals surface area contributed by atoms with Gasteiger partial charge in [0.1, 0.15) is 6.10 Å². The Hall–Kier alpha value is -2.53. The molecule has 4 aliphatic rings. The second-order valence-corrected chi connectivity index (χ2v) is 6.89. The molecular formula is C19H16O5. The predicted molar refractivity (Wildman–Crippen MR) is 84.0 cm³/mol. The van der Waals surface area contributed by atoms with Crippen LogP contribution in [-0.4, -0.2) is 34.3 Å². The molecule has 0 amide bonds. The largest absolute Gasteiger partial charge is 0.450 e. The van der Waals surface area contributed by atoms with Gasteiger partial charge in [-0.15, -0.1) is 0 Å². The van der Waals surface area contributed by atoms with Crippen LogP contribution in [0.25, 0.3) is 0 Å². The van der Waals surface area contributed by atoms with E-state index in [0.717, 1.165) is 11.1 Å². The Kier molecular flexibility index (Phi) is 2.82. The van der Waals surface area contributed by atoms with Crippen molar-refractivity contribution in [2.24, 2.45) is 5.41 Å². The van der Waals surface area contributed by atoms with Gasteiger partial charge < -0.3 is 9.84 Å². The number of hydrogen-bond donors (Lipinski definition) is 1. The average molecular weight is 324 g/mol. The summed E-state index contributed by atoms with van der Waals surface area (Å²) in [4.78, 5) is 37.9. The molecule has 5 nitrogen and oxygen atoms in total. The first-order chi connectivity index (χ1) is 11.3. The van der Waals surface area contributed by atoms with Crippen molar-refractivity contribution in [3.05, 3.63) is 58.7 Å². The maximum absolute atomic E-state index is 13.0. The van der Waals surface area contributed by atoms with Gasteiger partial charge in [-0.1, -0.05) is 29.8 Å². The summed E-state index contributed by atoms with van der Waals surface area (Å²) < 4.78 is 5.07. The van der Waals surface area contributed by atoms with E-state index in [4.69, 9.17) is 4.74 Å². The van der Waals surface area contributed by atoms with Crippen molar-refractivity contribution in [2.45, 2.75) is 32.0 Å². The van der Waals surface area contributed by atoms with Gasteiger partial charge in [0.15, 0.2) is 11.6 Å². The molecule has 0 saturated carbocycles. The van der Waals surface area contributed by atoms with Crippen LogP contribution in [0.4, 0.5) is 0 Å². The number of fused-ring (bicyclic) bond motifs is 1. The third kappa shape index (κ3) is 1.70. The van der Waals surface area contributed by atoms with E-state index in [1.54, 1.807) is 6.92 Å². The highest BCUT2D eigenvalue weighted by Crippen LogP contribution is 2.49. The molecule has 122 valence electrons. The molecule has 2 aliphatic carbocycles. The molecule has 1 aromatic rings. The quantitative estimate of drug-likeness (QED) is 0.502. The summed E-state index contributed by atoms with van der Waals surface area (Å²) >= 11 is 0. The molecule has 0 radical (unpaired) electrons. The Labute approximate surface area is 138 Å². The first kappa shape index (κ1) is 15.0. The van der Waals surface area contributed by atoms with Crippen LogP contribution in [0.5, 0.6) is 0 Å². The second-order valence-electron chi connectivity index (χ2n) is 6.89. The molecular weight excluding hydrogens is 308 g/mol. The van der Waals surface area contributed by atoms with E-state index >= 15 is 0 Å². The van der Waals surface area contributed by atoms with Crippen LogP contribution >= 0.6 is 0 Å². The number of ether oxygens (including phenoxy) is 1. The number of Topliss-reactive ketones (excluding diaryl/α,β-unsaturated/α-hetero) is 2. The van der Waals surface area contributed by atoms with E-state index in [2.05, 4.69) is 0 Å². The van der Waals surface area contributed by atoms with Gasteiger partial charge in [-0.25, -0.2) is 4.79 Å². The van der Waals surface area contributed by atoms with Gasteiger partial charge in [0.2, 0.25) is 5.60 Å². The minimum Gasteiger partial charge on any atom is -0.450 e. The van der Waals surface area contributed by atoms with Crippen LogP contribution in [0.3, 0.4) is 0 Å². The van der Waals surface area contributed by atoms with E-state index in [9.17, 15) is 19.5 Å². The molecule has 2 bridgehead atoms. The highest BCUT2D eigenvalue weighted by Gasteiger charge is 2.64. The summed E-state index contributed by atoms with van der Waals surface area (Å²) in [5, 5.41) is 10.6. The lowest BCUT2D eigenvalue weighted by molar-refractivity contribution is -0.164. The number of hydrogen-bond acceptors (Lipinski definition) is 5. The van der Waals surface area contributed by atoms with Crippen molar-refractivity contribution in [2.75, 3.05) is 0 Å². The number of rotatable bonds is 2. The Morgan fingerprint density at radius 2 is 1.79 bits per heavy atom. The molecule has 5 heteroatoms. The van der Waals surface area contributed by atoms with Gasteiger partial charge >= 0.3 is 5.97 Å². The Bertz CT molecular complexity index is 860. The van der Waals surface area contributed by atoms with Crippen molar-refractivity contribution >= 4 is 17.5 Å². The smallest absolute Gasteiger partial charge is 0.348 e. The van der Waals surface area contributed by atoms with Crippen molar-refractivity contribution in [3.8, 4) is 0 Å². The minimum atomic E-state index is -2.14. The van der Waals surface area contributed by atoms with E-state index in [1.165, 1.54) is 12.2 Å². The molecule has 2 aliphatic heterocycles. The van der Waals surface area contributed by atoms with Crippen LogP contribution in [-0.2, 0) is 25.5 Å². The fraction of sp³-hybridized carbons (Fsp3) is 0.316. The van der Waals surface area contributed by atoms with Crippen molar-refractivity contribution in [1.82, 2.24) is 0 Å². The number of ketones is 2. The number of benzene rings is 1. The summed E-state index contributed by atoms with van der Waals surface area (Å²) in [5.41, 5.74) is -1.51. The van der Waals surface area contributed by atoms with E-state index in [-0.39, 0.29) is 23.4 Å². The summed E-state index contributed by atoms with van der Waals surface area (Å²) in [5.74, 6) is -1.76. The lowest BCUT2D eigenvalue weighted by Crippen LogP contribution is -2.51. The van der Waals surface area contributed by atoms with Crippen LogP contribution < -0.4 is 0 Å². The first-order valence-corrected chi connectivity index (χ1v) is 7.80. The number of carbonyl (C=O) groups is 3. The van der Waals surface area contributed by atoms with E-state index < -0.39 is 28.9 Å². The maximum Gasteiger partial charge on any atom is 0.348 e. The summed E-state index contributed by atoms with van der Waals surface area (Å²) in [6, 6.07) is 7.59. The highest BCUT2D eigenvalue weighted by molar-refractivity contribution is 6.31. The van der Waals surface area contributed by atoms with E-state index in [0.29, 0.717) is 0 Å². The van der Waals surface area contributed by atoms with Crippen LogP contribution in [0.1, 0.15) is 18.1 Å². The lowest BCUT2D eigenvalue weighted by atomic mass is 9.76. The molecule has 0 saturated heterocycles. The molecule has 0 aromatic heterocycles. The molecule has 1 aromatic carbocycles. The van der Waals surface area contributed by atoms with Crippen molar-refractivity contribution in [3.63, 3.8) is 0 Å². The molecule has 5 rings (SSSR count). The highest BCUT2D eigenvalue weighted by atomic mass is 16.6.